The van der Waals surface area contributed by atoms with E-state index < -0.39 is 10.0 Å². The first kappa shape index (κ1) is 16.3. The van der Waals surface area contributed by atoms with Gasteiger partial charge >= 0.3 is 0 Å². The molecule has 1 aromatic carbocycles. The number of aryl methyl sites for hydroxylation is 1. The Morgan fingerprint density at radius 1 is 1.12 bits per heavy atom. The highest BCUT2D eigenvalue weighted by Gasteiger charge is 2.14. The van der Waals surface area contributed by atoms with Crippen LogP contribution in [0.15, 0.2) is 58.1 Å². The Kier molecular flexibility index (Phi) is 4.68. The quantitative estimate of drug-likeness (QED) is 0.734. The molecule has 0 aliphatic rings. The summed E-state index contributed by atoms with van der Waals surface area (Å²) in [5, 5.41) is 7.85. The van der Waals surface area contributed by atoms with E-state index in [1.54, 1.807) is 42.7 Å². The molecule has 0 atom stereocenters. The highest BCUT2D eigenvalue weighted by atomic mass is 32.2. The third kappa shape index (κ3) is 3.84. The minimum atomic E-state index is -3.54. The van der Waals surface area contributed by atoms with E-state index >= 15 is 0 Å². The van der Waals surface area contributed by atoms with E-state index in [1.807, 2.05) is 13.0 Å². The van der Waals surface area contributed by atoms with Gasteiger partial charge in [-0.15, -0.1) is 10.2 Å². The van der Waals surface area contributed by atoms with Crippen molar-refractivity contribution in [3.05, 3.63) is 60.2 Å². The van der Waals surface area contributed by atoms with E-state index in [2.05, 4.69) is 19.9 Å². The van der Waals surface area contributed by atoms with E-state index in [1.165, 1.54) is 0 Å². The van der Waals surface area contributed by atoms with Crippen LogP contribution in [0.2, 0.25) is 0 Å². The van der Waals surface area contributed by atoms with E-state index in [0.29, 0.717) is 18.2 Å². The molecule has 0 unspecified atom stereocenters. The molecule has 2 aromatic heterocycles. The number of nitrogens with one attached hydrogen (secondary N) is 1. The zero-order valence-corrected chi connectivity index (χ0v) is 13.8. The number of pyridine rings is 1. The molecule has 0 fully saturated rings. The molecule has 0 aliphatic carbocycles. The second-order valence-electron chi connectivity index (χ2n) is 5.20. The van der Waals surface area contributed by atoms with E-state index in [4.69, 9.17) is 4.42 Å². The summed E-state index contributed by atoms with van der Waals surface area (Å²) in [4.78, 5) is 4.22. The molecule has 24 heavy (non-hydrogen) atoms. The molecule has 1 N–H and O–H groups in total. The van der Waals surface area contributed by atoms with Crippen molar-refractivity contribution in [2.45, 2.75) is 18.2 Å². The Morgan fingerprint density at radius 3 is 2.62 bits per heavy atom. The summed E-state index contributed by atoms with van der Waals surface area (Å²) < 4.78 is 32.4. The molecule has 3 rings (SSSR count). The third-order valence-electron chi connectivity index (χ3n) is 3.34. The fourth-order valence-corrected chi connectivity index (χ4v) is 3.09. The Hall–Kier alpha value is -2.58. The molecular weight excluding hydrogens is 328 g/mol. The summed E-state index contributed by atoms with van der Waals surface area (Å²) in [5.74, 6) is 0.722. The van der Waals surface area contributed by atoms with Gasteiger partial charge in [0.1, 0.15) is 0 Å². The minimum Gasteiger partial charge on any atom is -0.421 e. The first-order valence-corrected chi connectivity index (χ1v) is 8.82. The molecule has 0 radical (unpaired) electrons. The lowest BCUT2D eigenvalue weighted by Crippen LogP contribution is -2.26. The molecule has 0 amide bonds. The van der Waals surface area contributed by atoms with Crippen molar-refractivity contribution >= 4 is 10.0 Å². The summed E-state index contributed by atoms with van der Waals surface area (Å²) in [5.41, 5.74) is 1.72. The Labute approximate surface area is 139 Å². The summed E-state index contributed by atoms with van der Waals surface area (Å²) in [6.45, 7) is 2.07. The minimum absolute atomic E-state index is 0.172. The van der Waals surface area contributed by atoms with Crippen LogP contribution in [0.5, 0.6) is 0 Å². The van der Waals surface area contributed by atoms with Crippen molar-refractivity contribution in [3.63, 3.8) is 0 Å². The molecule has 124 valence electrons. The molecule has 0 saturated heterocycles. The Morgan fingerprint density at radius 2 is 1.92 bits per heavy atom. The fraction of sp³-hybridized carbons (Fsp3) is 0.188. The average Bonchev–Trinajstić information content (AvgIpc) is 3.05. The standard InChI is InChI=1S/C16H16N4O3S/c1-12-4-6-14(7-5-12)24(21,22)18-10-8-15-19-20-16(23-15)13-3-2-9-17-11-13/h2-7,9,11,18H,8,10H2,1H3. The van der Waals surface area contributed by atoms with E-state index in [0.717, 1.165) is 11.1 Å². The topological polar surface area (TPSA) is 98.0 Å². The van der Waals surface area contributed by atoms with Crippen LogP contribution in [0.25, 0.3) is 11.5 Å². The summed E-state index contributed by atoms with van der Waals surface area (Å²) in [6.07, 6.45) is 3.58. The third-order valence-corrected chi connectivity index (χ3v) is 4.81. The van der Waals surface area contributed by atoms with Crippen molar-refractivity contribution in [2.24, 2.45) is 0 Å². The zero-order valence-electron chi connectivity index (χ0n) is 13.0. The number of aromatic nitrogens is 3. The maximum Gasteiger partial charge on any atom is 0.249 e. The molecule has 8 heteroatoms. The highest BCUT2D eigenvalue weighted by Crippen LogP contribution is 2.16. The molecule has 7 nitrogen and oxygen atoms in total. The van der Waals surface area contributed by atoms with Gasteiger partial charge in [0.15, 0.2) is 0 Å². The molecule has 0 spiro atoms. The van der Waals surface area contributed by atoms with E-state index in [9.17, 15) is 8.42 Å². The number of hydrogen-bond acceptors (Lipinski definition) is 6. The van der Waals surface area contributed by atoms with Crippen LogP contribution >= 0.6 is 0 Å². The summed E-state index contributed by atoms with van der Waals surface area (Å²) >= 11 is 0. The van der Waals surface area contributed by atoms with Gasteiger partial charge in [-0.2, -0.15) is 0 Å². The van der Waals surface area contributed by atoms with Gasteiger partial charge in [-0.05, 0) is 31.2 Å². The lowest BCUT2D eigenvalue weighted by Gasteiger charge is -2.05. The van der Waals surface area contributed by atoms with Crippen LogP contribution in [-0.4, -0.2) is 30.1 Å². The lowest BCUT2D eigenvalue weighted by molar-refractivity contribution is 0.501. The first-order valence-electron chi connectivity index (χ1n) is 7.34. The van der Waals surface area contributed by atoms with Gasteiger partial charge in [-0.25, -0.2) is 13.1 Å². The van der Waals surface area contributed by atoms with Crippen LogP contribution in [0.1, 0.15) is 11.5 Å². The largest absolute Gasteiger partial charge is 0.421 e. The molecule has 3 aromatic rings. The first-order chi connectivity index (χ1) is 11.5. The Bertz CT molecular complexity index is 906. The fourth-order valence-electron chi connectivity index (χ4n) is 2.05. The van der Waals surface area contributed by atoms with E-state index in [-0.39, 0.29) is 11.4 Å². The Balaban J connectivity index is 1.60. The normalized spacial score (nSPS) is 11.5. The van der Waals surface area contributed by atoms with Crippen molar-refractivity contribution in [1.29, 1.82) is 0 Å². The monoisotopic (exact) mass is 344 g/mol. The maximum absolute atomic E-state index is 12.2. The van der Waals surface area contributed by atoms with Crippen LogP contribution in [0.4, 0.5) is 0 Å². The van der Waals surface area contributed by atoms with Crippen LogP contribution in [-0.2, 0) is 16.4 Å². The second-order valence-corrected chi connectivity index (χ2v) is 6.97. The molecule has 0 bridgehead atoms. The van der Waals surface area contributed by atoms with Gasteiger partial charge in [0.25, 0.3) is 0 Å². The number of rotatable bonds is 6. The smallest absolute Gasteiger partial charge is 0.249 e. The van der Waals surface area contributed by atoms with Gasteiger partial charge < -0.3 is 4.42 Å². The SMILES string of the molecule is Cc1ccc(S(=O)(=O)NCCc2nnc(-c3cccnc3)o2)cc1. The number of sulfonamides is 1. The molecule has 2 heterocycles. The number of nitrogens with zero attached hydrogens (tertiary/aromatic N) is 3. The van der Waals surface area contributed by atoms with Gasteiger partial charge in [-0.1, -0.05) is 17.7 Å². The van der Waals surface area contributed by atoms with Gasteiger partial charge in [0, 0.05) is 25.4 Å². The summed E-state index contributed by atoms with van der Waals surface area (Å²) in [7, 11) is -3.54. The average molecular weight is 344 g/mol. The number of benzene rings is 1. The second kappa shape index (κ2) is 6.90. The van der Waals surface area contributed by atoms with Crippen molar-refractivity contribution in [1.82, 2.24) is 19.9 Å². The van der Waals surface area contributed by atoms with Crippen LogP contribution in [0.3, 0.4) is 0 Å². The predicted octanol–water partition coefficient (Wildman–Crippen LogP) is 1.96. The lowest BCUT2D eigenvalue weighted by atomic mass is 10.2. The molecule has 0 saturated carbocycles. The predicted molar refractivity (Wildman–Crippen MR) is 87.6 cm³/mol. The van der Waals surface area contributed by atoms with Gasteiger partial charge in [-0.3, -0.25) is 4.98 Å². The number of hydrogen-bond donors (Lipinski definition) is 1. The molecule has 0 aliphatic heterocycles. The van der Waals surface area contributed by atoms with Gasteiger partial charge in [0.05, 0.1) is 10.5 Å². The van der Waals surface area contributed by atoms with Gasteiger partial charge in [0.2, 0.25) is 21.8 Å². The van der Waals surface area contributed by atoms with Crippen molar-refractivity contribution in [3.8, 4) is 11.5 Å². The zero-order chi connectivity index (χ0) is 17.0. The molecular formula is C16H16N4O3S. The van der Waals surface area contributed by atoms with Crippen molar-refractivity contribution in [2.75, 3.05) is 6.54 Å². The highest BCUT2D eigenvalue weighted by molar-refractivity contribution is 7.89. The van der Waals surface area contributed by atoms with Crippen LogP contribution < -0.4 is 4.72 Å². The maximum atomic E-state index is 12.2. The van der Waals surface area contributed by atoms with Crippen LogP contribution in [0, 0.1) is 6.92 Å². The van der Waals surface area contributed by atoms with Crippen molar-refractivity contribution < 1.29 is 12.8 Å². The summed E-state index contributed by atoms with van der Waals surface area (Å²) in [6, 6.07) is 10.2.